The minimum absolute atomic E-state index is 0.00895. The van der Waals surface area contributed by atoms with Crippen LogP contribution in [-0.4, -0.2) is 53.4 Å². The second-order valence-electron chi connectivity index (χ2n) is 8.88. The molecule has 3 aromatic rings. The Labute approximate surface area is 217 Å². The fourth-order valence-corrected chi connectivity index (χ4v) is 6.62. The van der Waals surface area contributed by atoms with Crippen LogP contribution < -0.4 is 10.0 Å². The van der Waals surface area contributed by atoms with Gasteiger partial charge in [0.15, 0.2) is 0 Å². The molecule has 1 amide bonds. The topological polar surface area (TPSA) is 122 Å². The van der Waals surface area contributed by atoms with Crippen LogP contribution in [0.15, 0.2) is 70.5 Å². The van der Waals surface area contributed by atoms with E-state index in [2.05, 4.69) is 10.0 Å². The lowest BCUT2D eigenvalue weighted by Crippen LogP contribution is -2.40. The molecule has 0 aromatic heterocycles. The highest BCUT2D eigenvalue weighted by molar-refractivity contribution is 7.92. The molecule has 196 valence electrons. The lowest BCUT2D eigenvalue weighted by Gasteiger charge is -2.26. The molecule has 1 heterocycles. The zero-order chi connectivity index (χ0) is 26.8. The van der Waals surface area contributed by atoms with Gasteiger partial charge in [0.05, 0.1) is 23.0 Å². The number of benzene rings is 3. The van der Waals surface area contributed by atoms with Gasteiger partial charge in [-0.15, -0.1) is 0 Å². The van der Waals surface area contributed by atoms with Gasteiger partial charge in [0.1, 0.15) is 0 Å². The highest BCUT2D eigenvalue weighted by atomic mass is 32.2. The monoisotopic (exact) mass is 543 g/mol. The number of morpholine rings is 1. The minimum atomic E-state index is -3.95. The summed E-state index contributed by atoms with van der Waals surface area (Å²) in [5, 5.41) is 2.70. The maximum Gasteiger partial charge on any atom is 0.262 e. The first-order valence-corrected chi connectivity index (χ1v) is 14.6. The number of hydrogen-bond acceptors (Lipinski definition) is 6. The molecule has 1 fully saturated rings. The molecule has 1 aliphatic heterocycles. The minimum Gasteiger partial charge on any atom is -0.379 e. The molecule has 0 bridgehead atoms. The van der Waals surface area contributed by atoms with Crippen LogP contribution >= 0.6 is 0 Å². The highest BCUT2D eigenvalue weighted by Crippen LogP contribution is 2.24. The molecule has 4 rings (SSSR count). The maximum absolute atomic E-state index is 13.1. The van der Waals surface area contributed by atoms with Gasteiger partial charge >= 0.3 is 0 Å². The van der Waals surface area contributed by atoms with Crippen LogP contribution in [-0.2, 0) is 24.8 Å². The quantitative estimate of drug-likeness (QED) is 0.469. The molecular weight excluding hydrogens is 514 g/mol. The number of nitrogens with one attached hydrogen (secondary N) is 2. The van der Waals surface area contributed by atoms with E-state index in [-0.39, 0.29) is 28.4 Å². The Balaban J connectivity index is 1.51. The lowest BCUT2D eigenvalue weighted by molar-refractivity contribution is 0.0730. The third kappa shape index (κ3) is 6.02. The van der Waals surface area contributed by atoms with Crippen molar-refractivity contribution in [3.8, 4) is 0 Å². The van der Waals surface area contributed by atoms with Crippen LogP contribution in [0.3, 0.4) is 0 Å². The summed E-state index contributed by atoms with van der Waals surface area (Å²) in [5.41, 5.74) is 3.45. The molecule has 11 heteroatoms. The van der Waals surface area contributed by atoms with Crippen LogP contribution in [0.1, 0.15) is 27.0 Å². The second kappa shape index (κ2) is 10.6. The van der Waals surface area contributed by atoms with E-state index in [0.29, 0.717) is 30.2 Å². The van der Waals surface area contributed by atoms with E-state index < -0.39 is 26.0 Å². The molecule has 3 aromatic carbocycles. The van der Waals surface area contributed by atoms with Crippen molar-refractivity contribution in [1.29, 1.82) is 0 Å². The van der Waals surface area contributed by atoms with E-state index in [1.54, 1.807) is 25.1 Å². The predicted octanol–water partition coefficient (Wildman–Crippen LogP) is 3.69. The Morgan fingerprint density at radius 3 is 2.05 bits per heavy atom. The van der Waals surface area contributed by atoms with Gasteiger partial charge in [-0.25, -0.2) is 16.8 Å². The summed E-state index contributed by atoms with van der Waals surface area (Å²) in [6.45, 7) is 6.77. The standard InChI is InChI=1S/C26H29N3O6S2/c1-18-5-7-23(16-20(18)3)28-36(31,32)25-17-21(6-4-19(25)2)26(30)27-22-8-10-24(11-9-22)37(33,34)29-12-14-35-15-13-29/h4-11,16-17,28H,12-15H2,1-3H3,(H,27,30). The van der Waals surface area contributed by atoms with Gasteiger partial charge in [0.2, 0.25) is 10.0 Å². The zero-order valence-corrected chi connectivity index (χ0v) is 22.4. The van der Waals surface area contributed by atoms with Crippen LogP contribution in [0.4, 0.5) is 11.4 Å². The number of ether oxygens (including phenoxy) is 1. The number of anilines is 2. The summed E-state index contributed by atoms with van der Waals surface area (Å²) in [6, 6.07) is 15.6. The smallest absolute Gasteiger partial charge is 0.262 e. The maximum atomic E-state index is 13.1. The molecule has 0 saturated carbocycles. The number of aryl methyl sites for hydroxylation is 3. The van der Waals surface area contributed by atoms with Crippen LogP contribution in [0, 0.1) is 20.8 Å². The van der Waals surface area contributed by atoms with Gasteiger partial charge in [0, 0.05) is 30.0 Å². The molecule has 9 nitrogen and oxygen atoms in total. The fourth-order valence-electron chi connectivity index (χ4n) is 3.90. The molecule has 0 aliphatic carbocycles. The van der Waals surface area contributed by atoms with Gasteiger partial charge in [0.25, 0.3) is 15.9 Å². The zero-order valence-electron chi connectivity index (χ0n) is 20.8. The van der Waals surface area contributed by atoms with Crippen molar-refractivity contribution in [3.05, 3.63) is 82.9 Å². The van der Waals surface area contributed by atoms with E-state index in [9.17, 15) is 21.6 Å². The molecule has 0 unspecified atom stereocenters. The Morgan fingerprint density at radius 2 is 1.41 bits per heavy atom. The Morgan fingerprint density at radius 1 is 0.784 bits per heavy atom. The van der Waals surface area contributed by atoms with Gasteiger partial charge in [-0.3, -0.25) is 9.52 Å². The normalized spacial score (nSPS) is 14.8. The number of carbonyl (C=O) groups is 1. The lowest BCUT2D eigenvalue weighted by atomic mass is 10.1. The van der Waals surface area contributed by atoms with Crippen LogP contribution in [0.25, 0.3) is 0 Å². The molecule has 0 radical (unpaired) electrons. The number of carbonyl (C=O) groups excluding carboxylic acids is 1. The van der Waals surface area contributed by atoms with Crippen LogP contribution in [0.5, 0.6) is 0 Å². The van der Waals surface area contributed by atoms with Crippen molar-refractivity contribution >= 4 is 37.3 Å². The average molecular weight is 544 g/mol. The Hall–Kier alpha value is -3.25. The first-order chi connectivity index (χ1) is 17.5. The summed E-state index contributed by atoms with van der Waals surface area (Å²) in [6.07, 6.45) is 0. The third-order valence-corrected chi connectivity index (χ3v) is 9.66. The van der Waals surface area contributed by atoms with Crippen molar-refractivity contribution in [2.75, 3.05) is 36.3 Å². The van der Waals surface area contributed by atoms with Gasteiger partial charge in [-0.1, -0.05) is 12.1 Å². The number of hydrogen-bond donors (Lipinski definition) is 2. The first-order valence-electron chi connectivity index (χ1n) is 11.7. The highest BCUT2D eigenvalue weighted by Gasteiger charge is 2.26. The number of sulfonamides is 2. The number of rotatable bonds is 7. The number of amides is 1. The van der Waals surface area contributed by atoms with E-state index in [1.165, 1.54) is 40.7 Å². The van der Waals surface area contributed by atoms with Crippen molar-refractivity contribution in [2.24, 2.45) is 0 Å². The average Bonchev–Trinajstić information content (AvgIpc) is 2.87. The Kier molecular flexibility index (Phi) is 7.69. The molecule has 37 heavy (non-hydrogen) atoms. The summed E-state index contributed by atoms with van der Waals surface area (Å²) < 4.78 is 60.9. The first kappa shape index (κ1) is 26.8. The van der Waals surface area contributed by atoms with E-state index in [0.717, 1.165) is 11.1 Å². The fraction of sp³-hybridized carbons (Fsp3) is 0.269. The molecule has 1 saturated heterocycles. The van der Waals surface area contributed by atoms with Crippen molar-refractivity contribution < 1.29 is 26.4 Å². The van der Waals surface area contributed by atoms with Crippen molar-refractivity contribution in [3.63, 3.8) is 0 Å². The molecule has 2 N–H and O–H groups in total. The van der Waals surface area contributed by atoms with Crippen molar-refractivity contribution in [2.45, 2.75) is 30.6 Å². The molecule has 0 spiro atoms. The molecule has 1 aliphatic rings. The van der Waals surface area contributed by atoms with Gasteiger partial charge < -0.3 is 10.1 Å². The van der Waals surface area contributed by atoms with Crippen LogP contribution in [0.2, 0.25) is 0 Å². The largest absolute Gasteiger partial charge is 0.379 e. The third-order valence-electron chi connectivity index (χ3n) is 6.22. The Bertz CT molecular complexity index is 1530. The van der Waals surface area contributed by atoms with Gasteiger partial charge in [-0.2, -0.15) is 4.31 Å². The van der Waals surface area contributed by atoms with E-state index in [4.69, 9.17) is 4.74 Å². The molecular formula is C26H29N3O6S2. The number of nitrogens with zero attached hydrogens (tertiary/aromatic N) is 1. The van der Waals surface area contributed by atoms with E-state index in [1.807, 2.05) is 19.9 Å². The summed E-state index contributed by atoms with van der Waals surface area (Å²) >= 11 is 0. The van der Waals surface area contributed by atoms with E-state index >= 15 is 0 Å². The summed E-state index contributed by atoms with van der Waals surface area (Å²) in [4.78, 5) is 13.0. The molecule has 0 atom stereocenters. The predicted molar refractivity (Wildman–Crippen MR) is 142 cm³/mol. The SMILES string of the molecule is Cc1ccc(NS(=O)(=O)c2cc(C(=O)Nc3ccc(S(=O)(=O)N4CCOCC4)cc3)ccc2C)cc1C. The summed E-state index contributed by atoms with van der Waals surface area (Å²) in [5.74, 6) is -0.522. The van der Waals surface area contributed by atoms with Gasteiger partial charge in [-0.05, 0) is 86.0 Å². The second-order valence-corrected chi connectivity index (χ2v) is 12.5. The summed E-state index contributed by atoms with van der Waals surface area (Å²) in [7, 11) is -7.60. The van der Waals surface area contributed by atoms with Crippen molar-refractivity contribution in [1.82, 2.24) is 4.31 Å².